The second-order valence-electron chi connectivity index (χ2n) is 14.7. The summed E-state index contributed by atoms with van der Waals surface area (Å²) in [4.78, 5) is 10.7. The molecule has 0 radical (unpaired) electrons. The quantitative estimate of drug-likeness (QED) is 0.154. The van der Waals surface area contributed by atoms with E-state index in [9.17, 15) is 0 Å². The number of hydrogen-bond acceptors (Lipinski definition) is 2. The minimum Gasteiger partial charge on any atom is -0.248 e. The summed E-state index contributed by atoms with van der Waals surface area (Å²) in [5.74, 6) is 0. The van der Waals surface area contributed by atoms with Crippen molar-refractivity contribution in [2.75, 3.05) is 0 Å². The normalized spacial score (nSPS) is 15.4. The van der Waals surface area contributed by atoms with Crippen LogP contribution in [0.2, 0.25) is 0 Å². The van der Waals surface area contributed by atoms with Gasteiger partial charge in [-0.2, -0.15) is 0 Å². The maximum absolute atomic E-state index is 5.34. The smallest absolute Gasteiger partial charge is 0.0781 e. The first-order chi connectivity index (χ1) is 27.1. The number of aliphatic imine (C=N–C) groups is 2. The standard InChI is InChI=1S/C53H38N2/c1-35-21-27-41(28-22-35)54-51(37-13-5-3-6-14-37)39-25-31-45-43-17-9-11-19-47(43)53(49(45)33-39)48-20-12-10-18-44(48)46-32-26-40(34-50(46)53)52(38-15-7-4-8-16-38)55-42-29-23-36(2)24-30-42/h3-34H,1-2H3/b54-51+,55-52+. The molecule has 0 saturated heterocycles. The van der Waals surface area contributed by atoms with Crippen LogP contribution in [0.25, 0.3) is 22.3 Å². The van der Waals surface area contributed by atoms with Crippen molar-refractivity contribution in [2.45, 2.75) is 19.3 Å². The number of aryl methyl sites for hydroxylation is 2. The first kappa shape index (κ1) is 32.7. The monoisotopic (exact) mass is 702 g/mol. The van der Waals surface area contributed by atoms with Gasteiger partial charge in [-0.1, -0.05) is 169 Å². The minimum absolute atomic E-state index is 0.540. The zero-order chi connectivity index (χ0) is 36.9. The molecule has 8 aromatic rings. The molecule has 2 nitrogen and oxygen atoms in total. The van der Waals surface area contributed by atoms with Crippen LogP contribution in [-0.2, 0) is 5.41 Å². The molecular weight excluding hydrogens is 665 g/mol. The van der Waals surface area contributed by atoms with Gasteiger partial charge >= 0.3 is 0 Å². The van der Waals surface area contributed by atoms with Gasteiger partial charge in [0.2, 0.25) is 0 Å². The van der Waals surface area contributed by atoms with E-state index in [2.05, 4.69) is 208 Å². The number of hydrogen-bond donors (Lipinski definition) is 0. The average Bonchev–Trinajstić information content (AvgIpc) is 3.70. The van der Waals surface area contributed by atoms with E-state index >= 15 is 0 Å². The molecule has 0 fully saturated rings. The first-order valence-electron chi connectivity index (χ1n) is 19.0. The molecule has 0 atom stereocenters. The predicted molar refractivity (Wildman–Crippen MR) is 229 cm³/mol. The van der Waals surface area contributed by atoms with Crippen molar-refractivity contribution in [3.05, 3.63) is 250 Å². The number of rotatable bonds is 6. The van der Waals surface area contributed by atoms with Crippen molar-refractivity contribution >= 4 is 22.8 Å². The molecule has 2 heteroatoms. The Bertz CT molecular complexity index is 2600. The van der Waals surface area contributed by atoms with Gasteiger partial charge in [-0.25, -0.2) is 9.98 Å². The van der Waals surface area contributed by atoms with Crippen LogP contribution < -0.4 is 0 Å². The zero-order valence-electron chi connectivity index (χ0n) is 30.9. The molecule has 8 aromatic carbocycles. The predicted octanol–water partition coefficient (Wildman–Crippen LogP) is 13.0. The van der Waals surface area contributed by atoms with Crippen molar-refractivity contribution < 1.29 is 0 Å². The Hall–Kier alpha value is -6.90. The van der Waals surface area contributed by atoms with E-state index in [1.54, 1.807) is 0 Å². The van der Waals surface area contributed by atoms with E-state index in [-0.39, 0.29) is 0 Å². The van der Waals surface area contributed by atoms with Crippen LogP contribution in [0.4, 0.5) is 11.4 Å². The fourth-order valence-electron chi connectivity index (χ4n) is 8.71. The highest BCUT2D eigenvalue weighted by molar-refractivity contribution is 6.16. The Morgan fingerprint density at radius 2 is 0.691 bits per heavy atom. The van der Waals surface area contributed by atoms with Crippen molar-refractivity contribution in [1.82, 2.24) is 0 Å². The Morgan fingerprint density at radius 1 is 0.327 bits per heavy atom. The third-order valence-corrected chi connectivity index (χ3v) is 11.3. The van der Waals surface area contributed by atoms with Gasteiger partial charge in [0.1, 0.15) is 0 Å². The van der Waals surface area contributed by atoms with Crippen molar-refractivity contribution in [2.24, 2.45) is 9.98 Å². The summed E-state index contributed by atoms with van der Waals surface area (Å²) in [5.41, 5.74) is 20.2. The summed E-state index contributed by atoms with van der Waals surface area (Å²) in [7, 11) is 0. The average molecular weight is 703 g/mol. The lowest BCUT2D eigenvalue weighted by Gasteiger charge is -2.31. The molecule has 2 aliphatic carbocycles. The van der Waals surface area contributed by atoms with Crippen molar-refractivity contribution in [3.8, 4) is 22.3 Å². The number of fused-ring (bicyclic) bond motifs is 10. The van der Waals surface area contributed by atoms with E-state index in [0.717, 1.165) is 45.1 Å². The molecule has 1 spiro atoms. The molecule has 0 saturated carbocycles. The molecule has 10 rings (SSSR count). The largest absolute Gasteiger partial charge is 0.248 e. The Morgan fingerprint density at radius 3 is 1.11 bits per heavy atom. The molecule has 260 valence electrons. The Labute approximate surface area is 322 Å². The lowest BCUT2D eigenvalue weighted by atomic mass is 9.70. The fraction of sp³-hybridized carbons (Fsp3) is 0.0566. The van der Waals surface area contributed by atoms with Gasteiger partial charge < -0.3 is 0 Å². The molecule has 2 aliphatic rings. The number of nitrogens with zero attached hydrogens (tertiary/aromatic N) is 2. The summed E-state index contributed by atoms with van der Waals surface area (Å²) in [6.45, 7) is 4.23. The van der Waals surface area contributed by atoms with E-state index in [4.69, 9.17) is 9.98 Å². The third-order valence-electron chi connectivity index (χ3n) is 11.3. The highest BCUT2D eigenvalue weighted by Crippen LogP contribution is 2.63. The van der Waals surface area contributed by atoms with Crippen LogP contribution in [0, 0.1) is 13.8 Å². The highest BCUT2D eigenvalue weighted by Gasteiger charge is 2.51. The summed E-state index contributed by atoms with van der Waals surface area (Å²) in [5, 5.41) is 0. The molecule has 0 aromatic heterocycles. The van der Waals surface area contributed by atoms with Gasteiger partial charge in [-0.3, -0.25) is 0 Å². The number of benzene rings is 8. The summed E-state index contributed by atoms with van der Waals surface area (Å²) < 4.78 is 0. The van der Waals surface area contributed by atoms with Crippen molar-refractivity contribution in [3.63, 3.8) is 0 Å². The molecule has 0 aliphatic heterocycles. The van der Waals surface area contributed by atoms with Gasteiger partial charge in [0.25, 0.3) is 0 Å². The highest BCUT2D eigenvalue weighted by atomic mass is 14.8. The van der Waals surface area contributed by atoms with E-state index in [1.165, 1.54) is 55.6 Å². The van der Waals surface area contributed by atoms with E-state index < -0.39 is 5.41 Å². The molecule has 0 amide bonds. The van der Waals surface area contributed by atoms with Gasteiger partial charge in [0, 0.05) is 22.3 Å². The maximum atomic E-state index is 5.34. The third kappa shape index (κ3) is 5.41. The van der Waals surface area contributed by atoms with E-state index in [1.807, 2.05) is 0 Å². The molecule has 55 heavy (non-hydrogen) atoms. The SMILES string of the molecule is Cc1ccc(/N=C(\c2ccccc2)c2ccc3c(c2)C2(c4ccccc4-3)c3ccccc3-c3ccc(/C(=N/c4ccc(C)cc4)c4ccccc4)cc32)cc1. The van der Waals surface area contributed by atoms with Crippen LogP contribution in [-0.4, -0.2) is 11.4 Å². The van der Waals surface area contributed by atoms with Crippen LogP contribution in [0.3, 0.4) is 0 Å². The molecule has 0 N–H and O–H groups in total. The molecular formula is C53H38N2. The summed E-state index contributed by atoms with van der Waals surface area (Å²) in [6, 6.07) is 70.1. The van der Waals surface area contributed by atoms with E-state index in [0.29, 0.717) is 0 Å². The van der Waals surface area contributed by atoms with Gasteiger partial charge in [-0.15, -0.1) is 0 Å². The van der Waals surface area contributed by atoms with Crippen molar-refractivity contribution in [1.29, 1.82) is 0 Å². The Kier molecular flexibility index (Phi) is 7.85. The van der Waals surface area contributed by atoms with Crippen LogP contribution in [0.15, 0.2) is 204 Å². The lowest BCUT2D eigenvalue weighted by molar-refractivity contribution is 0.793. The van der Waals surface area contributed by atoms with Crippen LogP contribution in [0.5, 0.6) is 0 Å². The molecule has 0 unspecified atom stereocenters. The maximum Gasteiger partial charge on any atom is 0.0781 e. The van der Waals surface area contributed by atoms with Gasteiger partial charge in [0.15, 0.2) is 0 Å². The van der Waals surface area contributed by atoms with Gasteiger partial charge in [0.05, 0.1) is 28.2 Å². The minimum atomic E-state index is -0.540. The lowest BCUT2D eigenvalue weighted by Crippen LogP contribution is -2.26. The molecule has 0 bridgehead atoms. The Balaban J connectivity index is 1.24. The summed E-state index contributed by atoms with van der Waals surface area (Å²) in [6.07, 6.45) is 0. The second-order valence-corrected chi connectivity index (χ2v) is 14.7. The topological polar surface area (TPSA) is 24.7 Å². The van der Waals surface area contributed by atoms with Crippen LogP contribution >= 0.6 is 0 Å². The summed E-state index contributed by atoms with van der Waals surface area (Å²) >= 11 is 0. The first-order valence-corrected chi connectivity index (χ1v) is 19.0. The zero-order valence-corrected chi connectivity index (χ0v) is 30.9. The second kappa shape index (κ2) is 13.2. The molecule has 0 heterocycles. The van der Waals surface area contributed by atoms with Gasteiger partial charge in [-0.05, 0) is 94.8 Å². The van der Waals surface area contributed by atoms with Crippen LogP contribution in [0.1, 0.15) is 55.6 Å². The fourth-order valence-corrected chi connectivity index (χ4v) is 8.71.